The predicted molar refractivity (Wildman–Crippen MR) is 70.1 cm³/mol. The van der Waals surface area contributed by atoms with Crippen LogP contribution in [0.1, 0.15) is 33.6 Å². The van der Waals surface area contributed by atoms with Crippen molar-refractivity contribution in [3.05, 3.63) is 23.3 Å². The Morgan fingerprint density at radius 2 is 2.06 bits per heavy atom. The zero-order chi connectivity index (χ0) is 13.2. The smallest absolute Gasteiger partial charge is 0.161 e. The summed E-state index contributed by atoms with van der Waals surface area (Å²) < 4.78 is 11.2. The highest BCUT2D eigenvalue weighted by Gasteiger charge is 2.30. The lowest BCUT2D eigenvalue weighted by atomic mass is 9.74. The van der Waals surface area contributed by atoms with Gasteiger partial charge >= 0.3 is 0 Å². The number of aldehydes is 1. The molecule has 1 fully saturated rings. The van der Waals surface area contributed by atoms with Crippen molar-refractivity contribution in [1.29, 1.82) is 0 Å². The molecule has 0 N–H and O–H groups in total. The second-order valence-electron chi connectivity index (χ2n) is 5.85. The predicted octanol–water partition coefficient (Wildman–Crippen LogP) is 2.87. The number of carbonyl (C=O) groups excluding carboxylic acids is 1. The Balaban J connectivity index is 2.01. The molecule has 0 bridgehead atoms. The maximum Gasteiger partial charge on any atom is 0.161 e. The van der Waals surface area contributed by atoms with Crippen LogP contribution in [0.4, 0.5) is 0 Å². The first-order valence-corrected chi connectivity index (χ1v) is 6.58. The maximum atomic E-state index is 10.6. The number of hydrogen-bond acceptors (Lipinski definition) is 3. The molecular weight excluding hydrogens is 228 g/mol. The second-order valence-corrected chi connectivity index (χ2v) is 5.85. The molecule has 1 saturated heterocycles. The van der Waals surface area contributed by atoms with Crippen molar-refractivity contribution in [2.75, 3.05) is 13.2 Å². The molecule has 0 saturated carbocycles. The van der Waals surface area contributed by atoms with Crippen LogP contribution in [0.2, 0.25) is 0 Å². The third-order valence-corrected chi connectivity index (χ3v) is 3.84. The zero-order valence-electron chi connectivity index (χ0n) is 11.4. The molecule has 0 radical (unpaired) electrons. The Kier molecular flexibility index (Phi) is 4.03. The van der Waals surface area contributed by atoms with Gasteiger partial charge in [-0.15, -0.1) is 0 Å². The summed E-state index contributed by atoms with van der Waals surface area (Å²) in [5.41, 5.74) is 2.89. The van der Waals surface area contributed by atoms with E-state index >= 15 is 0 Å². The lowest BCUT2D eigenvalue weighted by Crippen LogP contribution is -2.34. The van der Waals surface area contributed by atoms with Gasteiger partial charge < -0.3 is 14.3 Å². The van der Waals surface area contributed by atoms with E-state index in [0.29, 0.717) is 13.2 Å². The van der Waals surface area contributed by atoms with E-state index in [1.54, 1.807) is 0 Å². The average molecular weight is 250 g/mol. The van der Waals surface area contributed by atoms with Gasteiger partial charge in [0.15, 0.2) is 6.29 Å². The summed E-state index contributed by atoms with van der Waals surface area (Å²) in [6.07, 6.45) is 6.98. The number of ether oxygens (including phenoxy) is 2. The van der Waals surface area contributed by atoms with Crippen molar-refractivity contribution in [1.82, 2.24) is 0 Å². The monoisotopic (exact) mass is 250 g/mol. The van der Waals surface area contributed by atoms with Crippen LogP contribution < -0.4 is 0 Å². The Labute approximate surface area is 109 Å². The minimum Gasteiger partial charge on any atom is -0.351 e. The molecule has 2 aliphatic rings. The highest BCUT2D eigenvalue weighted by Crippen LogP contribution is 2.40. The lowest BCUT2D eigenvalue weighted by molar-refractivity contribution is -0.197. The fraction of sp³-hybridized carbons (Fsp3) is 0.667. The highest BCUT2D eigenvalue weighted by atomic mass is 16.7. The van der Waals surface area contributed by atoms with E-state index < -0.39 is 0 Å². The van der Waals surface area contributed by atoms with Crippen molar-refractivity contribution in [3.63, 3.8) is 0 Å². The van der Waals surface area contributed by atoms with Gasteiger partial charge in [-0.05, 0) is 18.8 Å². The van der Waals surface area contributed by atoms with Gasteiger partial charge in [0.2, 0.25) is 0 Å². The Bertz CT molecular complexity index is 371. The molecule has 3 heteroatoms. The van der Waals surface area contributed by atoms with Crippen molar-refractivity contribution in [2.24, 2.45) is 11.3 Å². The van der Waals surface area contributed by atoms with Gasteiger partial charge in [0, 0.05) is 6.42 Å². The molecule has 1 heterocycles. The maximum absolute atomic E-state index is 10.6. The van der Waals surface area contributed by atoms with Crippen LogP contribution in [-0.2, 0) is 14.3 Å². The molecule has 0 aromatic rings. The Morgan fingerprint density at radius 1 is 1.39 bits per heavy atom. The summed E-state index contributed by atoms with van der Waals surface area (Å²) in [6, 6.07) is 0. The fourth-order valence-corrected chi connectivity index (χ4v) is 2.65. The van der Waals surface area contributed by atoms with Crippen molar-refractivity contribution < 1.29 is 14.3 Å². The second kappa shape index (κ2) is 5.37. The molecule has 0 atom stereocenters. The molecule has 100 valence electrons. The van der Waals surface area contributed by atoms with Crippen LogP contribution in [0.15, 0.2) is 23.3 Å². The first-order chi connectivity index (χ1) is 8.53. The third kappa shape index (κ3) is 2.90. The fourth-order valence-electron chi connectivity index (χ4n) is 2.65. The van der Waals surface area contributed by atoms with Gasteiger partial charge in [-0.3, -0.25) is 0 Å². The zero-order valence-corrected chi connectivity index (χ0v) is 11.4. The summed E-state index contributed by atoms with van der Waals surface area (Å²) in [4.78, 5) is 10.6. The van der Waals surface area contributed by atoms with Gasteiger partial charge in [0.25, 0.3) is 0 Å². The van der Waals surface area contributed by atoms with E-state index in [0.717, 1.165) is 19.1 Å². The largest absolute Gasteiger partial charge is 0.351 e. The minimum absolute atomic E-state index is 0.101. The SMILES string of the molecule is CC1=C(CC2OCC(C=O)CO2)C(C)(C)CC=C1. The number of allylic oxidation sites excluding steroid dienone is 3. The van der Waals surface area contributed by atoms with Crippen LogP contribution in [0, 0.1) is 11.3 Å². The summed E-state index contributed by atoms with van der Waals surface area (Å²) in [6.45, 7) is 7.62. The van der Waals surface area contributed by atoms with E-state index in [-0.39, 0.29) is 17.6 Å². The summed E-state index contributed by atoms with van der Waals surface area (Å²) in [7, 11) is 0. The topological polar surface area (TPSA) is 35.5 Å². The molecule has 0 unspecified atom stereocenters. The van der Waals surface area contributed by atoms with Gasteiger partial charge in [-0.2, -0.15) is 0 Å². The Morgan fingerprint density at radius 3 is 2.61 bits per heavy atom. The minimum atomic E-state index is -0.197. The molecule has 0 aromatic carbocycles. The van der Waals surface area contributed by atoms with Crippen LogP contribution in [0.25, 0.3) is 0 Å². The molecule has 0 amide bonds. The molecular formula is C15H22O3. The van der Waals surface area contributed by atoms with Crippen molar-refractivity contribution in [2.45, 2.75) is 39.9 Å². The van der Waals surface area contributed by atoms with Gasteiger partial charge in [0.05, 0.1) is 19.1 Å². The van der Waals surface area contributed by atoms with Crippen LogP contribution in [0.5, 0.6) is 0 Å². The quantitative estimate of drug-likeness (QED) is 0.722. The van der Waals surface area contributed by atoms with Gasteiger partial charge in [-0.25, -0.2) is 0 Å². The molecule has 0 spiro atoms. The van der Waals surface area contributed by atoms with Crippen LogP contribution >= 0.6 is 0 Å². The van der Waals surface area contributed by atoms with E-state index in [2.05, 4.69) is 32.9 Å². The number of rotatable bonds is 3. The summed E-state index contributed by atoms with van der Waals surface area (Å²) in [5.74, 6) is -0.101. The van der Waals surface area contributed by atoms with Gasteiger partial charge in [0.1, 0.15) is 6.29 Å². The van der Waals surface area contributed by atoms with Crippen molar-refractivity contribution >= 4 is 6.29 Å². The molecule has 1 aliphatic heterocycles. The third-order valence-electron chi connectivity index (χ3n) is 3.84. The molecule has 18 heavy (non-hydrogen) atoms. The Hall–Kier alpha value is -0.930. The standard InChI is InChI=1S/C15H22O3/c1-11-5-4-6-15(2,3)13(11)7-14-17-9-12(8-16)10-18-14/h4-5,8,12,14H,6-7,9-10H2,1-3H3. The summed E-state index contributed by atoms with van der Waals surface area (Å²) >= 11 is 0. The average Bonchev–Trinajstić information content (AvgIpc) is 2.34. The van der Waals surface area contributed by atoms with E-state index in [4.69, 9.17) is 9.47 Å². The van der Waals surface area contributed by atoms with E-state index in [1.165, 1.54) is 11.1 Å². The molecule has 0 aromatic heterocycles. The highest BCUT2D eigenvalue weighted by molar-refractivity contribution is 5.53. The van der Waals surface area contributed by atoms with Crippen LogP contribution in [-0.4, -0.2) is 25.8 Å². The van der Waals surface area contributed by atoms with E-state index in [1.807, 2.05) is 0 Å². The van der Waals surface area contributed by atoms with Crippen molar-refractivity contribution in [3.8, 4) is 0 Å². The normalized spacial score (nSPS) is 31.5. The van der Waals surface area contributed by atoms with E-state index in [9.17, 15) is 4.79 Å². The molecule has 1 aliphatic carbocycles. The number of carbonyl (C=O) groups is 1. The molecule has 3 nitrogen and oxygen atoms in total. The first kappa shape index (κ1) is 13.5. The number of hydrogen-bond donors (Lipinski definition) is 0. The molecule has 2 rings (SSSR count). The van der Waals surface area contributed by atoms with Crippen LogP contribution in [0.3, 0.4) is 0 Å². The summed E-state index contributed by atoms with van der Waals surface area (Å²) in [5, 5.41) is 0. The first-order valence-electron chi connectivity index (χ1n) is 6.58. The lowest BCUT2D eigenvalue weighted by Gasteiger charge is -2.35. The van der Waals surface area contributed by atoms with Gasteiger partial charge in [-0.1, -0.05) is 37.1 Å².